The maximum atomic E-state index is 12.7. The molecule has 3 heterocycles. The van der Waals surface area contributed by atoms with Crippen molar-refractivity contribution in [3.05, 3.63) is 66.1 Å². The molecule has 1 amide bonds. The first kappa shape index (κ1) is 19.8. The van der Waals surface area contributed by atoms with Gasteiger partial charge in [0, 0.05) is 37.7 Å². The van der Waals surface area contributed by atoms with Crippen LogP contribution in [0.4, 0.5) is 0 Å². The summed E-state index contributed by atoms with van der Waals surface area (Å²) in [4.78, 5) is 16.7. The first-order valence-electron chi connectivity index (χ1n) is 9.43. The summed E-state index contributed by atoms with van der Waals surface area (Å²) in [6, 6.07) is 11.2. The van der Waals surface area contributed by atoms with E-state index in [0.717, 1.165) is 11.3 Å². The van der Waals surface area contributed by atoms with E-state index in [-0.39, 0.29) is 18.4 Å². The lowest BCUT2D eigenvalue weighted by Crippen LogP contribution is -2.45. The molecular formula is C20H22N4O3S2. The number of nitrogens with one attached hydrogen (secondary N) is 1. The summed E-state index contributed by atoms with van der Waals surface area (Å²) in [5, 5.41) is 4.70. The van der Waals surface area contributed by atoms with Crippen molar-refractivity contribution in [3.63, 3.8) is 0 Å². The van der Waals surface area contributed by atoms with Crippen molar-refractivity contribution in [2.75, 3.05) is 13.1 Å². The number of hydrogen-bond donors (Lipinski definition) is 1. The molecule has 1 fully saturated rings. The minimum Gasteiger partial charge on any atom is -0.352 e. The van der Waals surface area contributed by atoms with Crippen LogP contribution in [-0.4, -0.2) is 41.3 Å². The molecule has 0 radical (unpaired) electrons. The third kappa shape index (κ3) is 4.42. The summed E-state index contributed by atoms with van der Waals surface area (Å²) in [6.07, 6.45) is 6.70. The zero-order valence-corrected chi connectivity index (χ0v) is 17.4. The molecule has 0 spiro atoms. The van der Waals surface area contributed by atoms with Gasteiger partial charge in [0.25, 0.3) is 10.0 Å². The van der Waals surface area contributed by atoms with Gasteiger partial charge in [-0.2, -0.15) is 4.31 Å². The summed E-state index contributed by atoms with van der Waals surface area (Å²) < 4.78 is 29.1. The first-order valence-corrected chi connectivity index (χ1v) is 11.7. The first-order chi connectivity index (χ1) is 14.0. The van der Waals surface area contributed by atoms with Crippen LogP contribution in [0.3, 0.4) is 0 Å². The number of imidazole rings is 1. The normalized spacial score (nSPS) is 17.9. The Labute approximate surface area is 174 Å². The number of hydrogen-bond acceptors (Lipinski definition) is 5. The predicted molar refractivity (Wildman–Crippen MR) is 111 cm³/mol. The fourth-order valence-corrected chi connectivity index (χ4v) is 6.11. The van der Waals surface area contributed by atoms with Gasteiger partial charge in [-0.1, -0.05) is 18.2 Å². The van der Waals surface area contributed by atoms with Crippen LogP contribution in [0, 0.1) is 5.92 Å². The van der Waals surface area contributed by atoms with Crippen molar-refractivity contribution in [2.45, 2.75) is 23.6 Å². The molecule has 7 nitrogen and oxygen atoms in total. The topological polar surface area (TPSA) is 84.3 Å². The van der Waals surface area contributed by atoms with Crippen LogP contribution >= 0.6 is 11.3 Å². The van der Waals surface area contributed by atoms with Crippen molar-refractivity contribution in [1.82, 2.24) is 19.2 Å². The van der Waals surface area contributed by atoms with Crippen LogP contribution in [0.5, 0.6) is 0 Å². The molecule has 1 aliphatic heterocycles. The third-order valence-corrected chi connectivity index (χ3v) is 8.29. The van der Waals surface area contributed by atoms with Gasteiger partial charge in [0.15, 0.2) is 0 Å². The number of benzene rings is 1. The van der Waals surface area contributed by atoms with Gasteiger partial charge in [0.05, 0.1) is 12.2 Å². The van der Waals surface area contributed by atoms with Gasteiger partial charge in [-0.3, -0.25) is 4.79 Å². The molecule has 1 unspecified atom stereocenters. The van der Waals surface area contributed by atoms with Gasteiger partial charge < -0.3 is 9.88 Å². The Morgan fingerprint density at radius 1 is 1.24 bits per heavy atom. The maximum absolute atomic E-state index is 12.7. The zero-order valence-electron chi connectivity index (χ0n) is 15.8. The minimum absolute atomic E-state index is 0.102. The van der Waals surface area contributed by atoms with E-state index in [1.54, 1.807) is 30.0 Å². The predicted octanol–water partition coefficient (Wildman–Crippen LogP) is 2.65. The molecule has 1 aliphatic rings. The molecule has 2 aromatic heterocycles. The monoisotopic (exact) mass is 430 g/mol. The number of thiophene rings is 1. The molecule has 1 aromatic carbocycles. The quantitative estimate of drug-likeness (QED) is 0.652. The molecule has 152 valence electrons. The average Bonchev–Trinajstić information content (AvgIpc) is 3.47. The Bertz CT molecular complexity index is 1050. The van der Waals surface area contributed by atoms with E-state index < -0.39 is 10.0 Å². The number of carbonyl (C=O) groups is 1. The molecule has 9 heteroatoms. The smallest absolute Gasteiger partial charge is 0.252 e. The summed E-state index contributed by atoms with van der Waals surface area (Å²) >= 11 is 1.20. The van der Waals surface area contributed by atoms with Crippen LogP contribution < -0.4 is 5.32 Å². The minimum atomic E-state index is -3.51. The van der Waals surface area contributed by atoms with Crippen molar-refractivity contribution in [2.24, 2.45) is 5.92 Å². The van der Waals surface area contributed by atoms with Gasteiger partial charge >= 0.3 is 0 Å². The summed E-state index contributed by atoms with van der Waals surface area (Å²) in [5.74, 6) is -0.432. The molecule has 3 aromatic rings. The second-order valence-corrected chi connectivity index (χ2v) is 10.1. The molecule has 0 aliphatic carbocycles. The van der Waals surface area contributed by atoms with Crippen LogP contribution in [0.25, 0.3) is 5.69 Å². The van der Waals surface area contributed by atoms with E-state index in [4.69, 9.17) is 0 Å². The highest BCUT2D eigenvalue weighted by atomic mass is 32.2. The maximum Gasteiger partial charge on any atom is 0.252 e. The Kier molecular flexibility index (Phi) is 5.79. The summed E-state index contributed by atoms with van der Waals surface area (Å²) in [6.45, 7) is 1.10. The lowest BCUT2D eigenvalue weighted by atomic mass is 9.99. The molecular weight excluding hydrogens is 408 g/mol. The standard InChI is InChI=1S/C20H22N4O3S2/c25-20(22-13-16-5-7-18(8-6-16)23-11-9-21-15-23)17-3-1-10-24(14-17)29(26,27)19-4-2-12-28-19/h2,4-9,11-12,15,17H,1,3,10,13-14H2,(H,22,25). The van der Waals surface area contributed by atoms with Crippen LogP contribution in [0.2, 0.25) is 0 Å². The second kappa shape index (κ2) is 8.48. The zero-order chi connectivity index (χ0) is 20.3. The molecule has 0 saturated carbocycles. The van der Waals surface area contributed by atoms with Gasteiger partial charge in [-0.15, -0.1) is 11.3 Å². The highest BCUT2D eigenvalue weighted by molar-refractivity contribution is 7.91. The third-order valence-electron chi connectivity index (χ3n) is 5.05. The Hall–Kier alpha value is -2.49. The number of aromatic nitrogens is 2. The van der Waals surface area contributed by atoms with Crippen LogP contribution in [0.15, 0.2) is 64.7 Å². The second-order valence-electron chi connectivity index (χ2n) is 6.99. The average molecular weight is 431 g/mol. The summed E-state index contributed by atoms with van der Waals surface area (Å²) in [5.41, 5.74) is 1.99. The number of amides is 1. The Morgan fingerprint density at radius 2 is 2.07 bits per heavy atom. The SMILES string of the molecule is O=C(NCc1ccc(-n2ccnc2)cc1)C1CCCN(S(=O)(=O)c2cccs2)C1. The van der Waals surface area contributed by atoms with Crippen LogP contribution in [0.1, 0.15) is 18.4 Å². The van der Waals surface area contributed by atoms with Crippen molar-refractivity contribution < 1.29 is 13.2 Å². The fourth-order valence-electron chi connectivity index (χ4n) is 3.44. The number of rotatable bonds is 6. The van der Waals surface area contributed by atoms with Crippen molar-refractivity contribution >= 4 is 27.3 Å². The van der Waals surface area contributed by atoms with Gasteiger partial charge in [0.1, 0.15) is 4.21 Å². The summed E-state index contributed by atoms with van der Waals surface area (Å²) in [7, 11) is -3.51. The number of carbonyl (C=O) groups excluding carboxylic acids is 1. The van der Waals surface area contributed by atoms with Gasteiger partial charge in [0.2, 0.25) is 5.91 Å². The van der Waals surface area contributed by atoms with E-state index in [1.165, 1.54) is 15.6 Å². The van der Waals surface area contributed by atoms with E-state index in [0.29, 0.717) is 30.1 Å². The number of nitrogens with zero attached hydrogens (tertiary/aromatic N) is 3. The largest absolute Gasteiger partial charge is 0.352 e. The Balaban J connectivity index is 1.35. The fraction of sp³-hybridized carbons (Fsp3) is 0.300. The lowest BCUT2D eigenvalue weighted by molar-refractivity contribution is -0.126. The highest BCUT2D eigenvalue weighted by Gasteiger charge is 2.33. The molecule has 4 rings (SSSR count). The molecule has 29 heavy (non-hydrogen) atoms. The molecule has 0 bridgehead atoms. The lowest BCUT2D eigenvalue weighted by Gasteiger charge is -2.30. The molecule has 1 saturated heterocycles. The van der Waals surface area contributed by atoms with Crippen LogP contribution in [-0.2, 0) is 21.4 Å². The molecule has 1 N–H and O–H groups in total. The number of piperidine rings is 1. The van der Waals surface area contributed by atoms with Crippen molar-refractivity contribution in [3.8, 4) is 5.69 Å². The highest BCUT2D eigenvalue weighted by Crippen LogP contribution is 2.26. The number of sulfonamides is 1. The van der Waals surface area contributed by atoms with Crippen molar-refractivity contribution in [1.29, 1.82) is 0 Å². The van der Waals surface area contributed by atoms with E-state index >= 15 is 0 Å². The Morgan fingerprint density at radius 3 is 2.76 bits per heavy atom. The van der Waals surface area contributed by atoms with E-state index in [9.17, 15) is 13.2 Å². The van der Waals surface area contributed by atoms with Gasteiger partial charge in [-0.25, -0.2) is 13.4 Å². The van der Waals surface area contributed by atoms with E-state index in [2.05, 4.69) is 10.3 Å². The van der Waals surface area contributed by atoms with Gasteiger partial charge in [-0.05, 0) is 42.0 Å². The van der Waals surface area contributed by atoms with E-state index in [1.807, 2.05) is 35.0 Å². The molecule has 1 atom stereocenters.